The lowest BCUT2D eigenvalue weighted by atomic mass is 10.2. The summed E-state index contributed by atoms with van der Waals surface area (Å²) in [5.41, 5.74) is 3.82. The molecule has 22 heavy (non-hydrogen) atoms. The Morgan fingerprint density at radius 3 is 1.14 bits per heavy atom. The summed E-state index contributed by atoms with van der Waals surface area (Å²) < 4.78 is 0. The summed E-state index contributed by atoms with van der Waals surface area (Å²) in [6, 6.07) is 20.1. The van der Waals surface area contributed by atoms with Crippen LogP contribution in [0.15, 0.2) is 98.6 Å². The van der Waals surface area contributed by atoms with Gasteiger partial charge in [0.25, 0.3) is 0 Å². The van der Waals surface area contributed by atoms with Crippen molar-refractivity contribution in [3.05, 3.63) is 110 Å². The van der Waals surface area contributed by atoms with Gasteiger partial charge in [-0.15, -0.1) is 13.2 Å². The highest BCUT2D eigenvalue weighted by atomic mass is 35.5. The smallest absolute Gasteiger partial charge is 0.0000330 e. The van der Waals surface area contributed by atoms with E-state index in [1.807, 2.05) is 79.7 Å². The summed E-state index contributed by atoms with van der Waals surface area (Å²) in [7, 11) is 0. The molecule has 0 saturated heterocycles. The molecular weight excluding hydrogens is 288 g/mol. The fraction of sp³-hybridized carbons (Fsp3) is 0.0476. The van der Waals surface area contributed by atoms with Crippen LogP contribution in [-0.2, 0) is 0 Å². The predicted octanol–water partition coefficient (Wildman–Crippen LogP) is 7.22. The number of benzene rings is 2. The van der Waals surface area contributed by atoms with Crippen molar-refractivity contribution in [3.8, 4) is 0 Å². The molecule has 2 aromatic carbocycles. The minimum Gasteiger partial charge on any atom is -0.106 e. The summed E-state index contributed by atoms with van der Waals surface area (Å²) in [4.78, 5) is 0. The van der Waals surface area contributed by atoms with Gasteiger partial charge in [0, 0.05) is 0 Å². The largest absolute Gasteiger partial charge is 0.106 e. The first-order chi connectivity index (χ1) is 10.8. The minimum absolute atomic E-state index is 1.17. The van der Waals surface area contributed by atoms with Gasteiger partial charge in [-0.1, -0.05) is 104 Å². The SMILES string of the molecule is C=C.C=Cc1ccccc1.C=Cc1ccccc1.CC=CCl. The molecule has 0 fully saturated rings. The number of hydrogen-bond acceptors (Lipinski definition) is 0. The summed E-state index contributed by atoms with van der Waals surface area (Å²) in [6.45, 7) is 15.1. The Morgan fingerprint density at radius 2 is 1.00 bits per heavy atom. The van der Waals surface area contributed by atoms with Gasteiger partial charge in [0.1, 0.15) is 0 Å². The molecular formula is C21H25Cl. The van der Waals surface area contributed by atoms with Gasteiger partial charge in [-0.25, -0.2) is 0 Å². The highest BCUT2D eigenvalue weighted by Crippen LogP contribution is 1.98. The van der Waals surface area contributed by atoms with E-state index < -0.39 is 0 Å². The summed E-state index contributed by atoms with van der Waals surface area (Å²) in [5.74, 6) is 0. The average molecular weight is 313 g/mol. The summed E-state index contributed by atoms with van der Waals surface area (Å²) in [6.07, 6.45) is 5.43. The highest BCUT2D eigenvalue weighted by molar-refractivity contribution is 6.25. The Kier molecular flexibility index (Phi) is 18.7. The molecule has 0 atom stereocenters. The van der Waals surface area contributed by atoms with Gasteiger partial charge in [0.2, 0.25) is 0 Å². The van der Waals surface area contributed by atoms with Crippen LogP contribution >= 0.6 is 11.6 Å². The molecule has 1 heteroatoms. The lowest BCUT2D eigenvalue weighted by Gasteiger charge is -1.85. The second-order valence-electron chi connectivity index (χ2n) is 3.69. The summed E-state index contributed by atoms with van der Waals surface area (Å²) in [5, 5.41) is 0. The Labute approximate surface area is 140 Å². The number of rotatable bonds is 2. The van der Waals surface area contributed by atoms with Crippen molar-refractivity contribution >= 4 is 23.8 Å². The van der Waals surface area contributed by atoms with E-state index in [0.717, 1.165) is 0 Å². The molecule has 0 saturated carbocycles. The Hall–Kier alpha value is -2.31. The van der Waals surface area contributed by atoms with Crippen molar-refractivity contribution in [2.24, 2.45) is 0 Å². The predicted molar refractivity (Wildman–Crippen MR) is 105 cm³/mol. The first-order valence-corrected chi connectivity index (χ1v) is 7.28. The van der Waals surface area contributed by atoms with Crippen LogP contribution in [0, 0.1) is 0 Å². The molecule has 0 aliphatic rings. The zero-order valence-electron chi connectivity index (χ0n) is 13.3. The van der Waals surface area contributed by atoms with Crippen molar-refractivity contribution in [2.45, 2.75) is 6.92 Å². The van der Waals surface area contributed by atoms with Crippen LogP contribution in [-0.4, -0.2) is 0 Å². The molecule has 2 aromatic rings. The van der Waals surface area contributed by atoms with Crippen molar-refractivity contribution in [2.75, 3.05) is 0 Å². The van der Waals surface area contributed by atoms with E-state index in [2.05, 4.69) is 26.3 Å². The van der Waals surface area contributed by atoms with Crippen LogP contribution in [0.4, 0.5) is 0 Å². The third-order valence-electron chi connectivity index (χ3n) is 2.20. The normalized spacial score (nSPS) is 8.09. The molecule has 0 spiro atoms. The standard InChI is InChI=1S/2C8H8.C3H5Cl.C2H4/c2*1-2-8-6-4-3-5-7-8;1-2-3-4;1-2/h2*2-7H,1H2;2-3H,1H3;1-2H2. The van der Waals surface area contributed by atoms with Crippen molar-refractivity contribution in [1.29, 1.82) is 0 Å². The second kappa shape index (κ2) is 18.7. The van der Waals surface area contributed by atoms with Crippen molar-refractivity contribution in [3.63, 3.8) is 0 Å². The average Bonchev–Trinajstić information content (AvgIpc) is 2.65. The lowest BCUT2D eigenvalue weighted by Crippen LogP contribution is -1.63. The molecule has 0 aliphatic heterocycles. The fourth-order valence-electron chi connectivity index (χ4n) is 1.18. The Morgan fingerprint density at radius 1 is 0.727 bits per heavy atom. The van der Waals surface area contributed by atoms with Gasteiger partial charge in [-0.3, -0.25) is 0 Å². The maximum absolute atomic E-state index is 5.01. The van der Waals surface area contributed by atoms with E-state index in [1.54, 1.807) is 6.08 Å². The van der Waals surface area contributed by atoms with E-state index in [0.29, 0.717) is 0 Å². The molecule has 116 valence electrons. The number of allylic oxidation sites excluding steroid dienone is 1. The van der Waals surface area contributed by atoms with Gasteiger partial charge < -0.3 is 0 Å². The Bertz CT molecular complexity index is 450. The topological polar surface area (TPSA) is 0 Å². The molecule has 0 aliphatic carbocycles. The zero-order chi connectivity index (χ0) is 17.1. The second-order valence-corrected chi connectivity index (χ2v) is 3.94. The molecule has 0 heterocycles. The Balaban J connectivity index is 0. The molecule has 2 rings (SSSR count). The molecule has 0 unspecified atom stereocenters. The first-order valence-electron chi connectivity index (χ1n) is 6.84. The highest BCUT2D eigenvalue weighted by Gasteiger charge is 1.76. The van der Waals surface area contributed by atoms with Crippen LogP contribution < -0.4 is 0 Å². The third-order valence-corrected chi connectivity index (χ3v) is 2.45. The van der Waals surface area contributed by atoms with Crippen LogP contribution in [0.5, 0.6) is 0 Å². The molecule has 0 aromatic heterocycles. The maximum Gasteiger partial charge on any atom is -0.0000330 e. The maximum atomic E-state index is 5.01. The zero-order valence-corrected chi connectivity index (χ0v) is 14.0. The monoisotopic (exact) mass is 312 g/mol. The van der Waals surface area contributed by atoms with Crippen molar-refractivity contribution in [1.82, 2.24) is 0 Å². The van der Waals surface area contributed by atoms with E-state index in [4.69, 9.17) is 11.6 Å². The number of halogens is 1. The summed E-state index contributed by atoms with van der Waals surface area (Å²) >= 11 is 5.01. The van der Waals surface area contributed by atoms with Gasteiger partial charge in [0.15, 0.2) is 0 Å². The van der Waals surface area contributed by atoms with Gasteiger partial charge >= 0.3 is 0 Å². The van der Waals surface area contributed by atoms with E-state index in [9.17, 15) is 0 Å². The van der Waals surface area contributed by atoms with Gasteiger partial charge in [0.05, 0.1) is 0 Å². The molecule has 0 N–H and O–H groups in total. The fourth-order valence-corrected chi connectivity index (χ4v) is 1.18. The first kappa shape index (κ1) is 22.0. The number of hydrogen-bond donors (Lipinski definition) is 0. The van der Waals surface area contributed by atoms with E-state index in [1.165, 1.54) is 16.7 Å². The quantitative estimate of drug-likeness (QED) is 0.513. The minimum atomic E-state index is 1.17. The molecule has 0 radical (unpaired) electrons. The van der Waals surface area contributed by atoms with Crippen LogP contribution in [0.3, 0.4) is 0 Å². The van der Waals surface area contributed by atoms with E-state index >= 15 is 0 Å². The third kappa shape index (κ3) is 14.1. The van der Waals surface area contributed by atoms with Crippen molar-refractivity contribution < 1.29 is 0 Å². The van der Waals surface area contributed by atoms with Crippen LogP contribution in [0.2, 0.25) is 0 Å². The molecule has 0 nitrogen and oxygen atoms in total. The van der Waals surface area contributed by atoms with Crippen LogP contribution in [0.25, 0.3) is 12.2 Å². The van der Waals surface area contributed by atoms with Gasteiger partial charge in [-0.2, -0.15) is 0 Å². The lowest BCUT2D eigenvalue weighted by molar-refractivity contribution is 1.67. The molecule has 0 bridgehead atoms. The van der Waals surface area contributed by atoms with Gasteiger partial charge in [-0.05, 0) is 23.6 Å². The van der Waals surface area contributed by atoms with Crippen LogP contribution in [0.1, 0.15) is 18.1 Å². The van der Waals surface area contributed by atoms with E-state index in [-0.39, 0.29) is 0 Å². The molecule has 0 amide bonds.